The molecule has 1 aromatic rings. The number of carbonyl (C=O) groups is 1. The molecule has 13 heavy (non-hydrogen) atoms. The van der Waals surface area contributed by atoms with Gasteiger partial charge in [0.15, 0.2) is 0 Å². The van der Waals surface area contributed by atoms with Gasteiger partial charge in [-0.1, -0.05) is 11.6 Å². The van der Waals surface area contributed by atoms with Crippen LogP contribution in [0.2, 0.25) is 4.34 Å². The molecule has 6 heteroatoms. The van der Waals surface area contributed by atoms with Crippen LogP contribution in [0.25, 0.3) is 0 Å². The van der Waals surface area contributed by atoms with Gasteiger partial charge in [0.2, 0.25) is 5.60 Å². The molecule has 0 aliphatic heterocycles. The van der Waals surface area contributed by atoms with E-state index in [1.54, 1.807) is 0 Å². The van der Waals surface area contributed by atoms with Crippen LogP contribution in [0.4, 0.5) is 0 Å². The van der Waals surface area contributed by atoms with Crippen molar-refractivity contribution in [2.45, 2.75) is 5.60 Å². The summed E-state index contributed by atoms with van der Waals surface area (Å²) < 4.78 is 0.420. The fraction of sp³-hybridized carbons (Fsp3) is 0.286. The molecule has 0 radical (unpaired) electrons. The molecule has 1 rings (SSSR count). The Morgan fingerprint density at radius 1 is 1.69 bits per heavy atom. The van der Waals surface area contributed by atoms with E-state index < -0.39 is 11.6 Å². The topological polar surface area (TPSA) is 83.5 Å². The van der Waals surface area contributed by atoms with Crippen molar-refractivity contribution in [3.05, 3.63) is 21.3 Å². The van der Waals surface area contributed by atoms with Gasteiger partial charge >= 0.3 is 5.97 Å². The molecule has 0 aromatic carbocycles. The van der Waals surface area contributed by atoms with Gasteiger partial charge in [0.1, 0.15) is 0 Å². The predicted octanol–water partition coefficient (Wildman–Crippen LogP) is 0.632. The second-order valence-corrected chi connectivity index (χ2v) is 4.19. The Balaban J connectivity index is 3.09. The second kappa shape index (κ2) is 3.63. The van der Waals surface area contributed by atoms with Crippen molar-refractivity contribution in [2.24, 2.45) is 5.73 Å². The Labute approximate surface area is 83.6 Å². The summed E-state index contributed by atoms with van der Waals surface area (Å²) in [6.07, 6.45) is 0. The number of thiophene rings is 1. The van der Waals surface area contributed by atoms with Crippen molar-refractivity contribution in [3.63, 3.8) is 0 Å². The molecule has 0 aliphatic carbocycles. The molecule has 0 saturated carbocycles. The number of hydrogen-bond acceptors (Lipinski definition) is 4. The highest BCUT2D eigenvalue weighted by atomic mass is 35.5. The number of rotatable bonds is 3. The highest BCUT2D eigenvalue weighted by molar-refractivity contribution is 7.16. The van der Waals surface area contributed by atoms with Gasteiger partial charge in [0, 0.05) is 6.54 Å². The largest absolute Gasteiger partial charge is 0.479 e. The molecule has 72 valence electrons. The summed E-state index contributed by atoms with van der Waals surface area (Å²) in [7, 11) is 0. The van der Waals surface area contributed by atoms with Gasteiger partial charge in [-0.3, -0.25) is 0 Å². The Bertz CT molecular complexity index is 327. The van der Waals surface area contributed by atoms with Crippen LogP contribution in [0.1, 0.15) is 4.88 Å². The van der Waals surface area contributed by atoms with Crippen LogP contribution in [0, 0.1) is 0 Å². The summed E-state index contributed by atoms with van der Waals surface area (Å²) in [5.41, 5.74) is 3.17. The van der Waals surface area contributed by atoms with E-state index in [0.29, 0.717) is 4.34 Å². The fourth-order valence-electron chi connectivity index (χ4n) is 0.830. The number of carboxylic acid groups (broad SMARTS) is 1. The molecular formula is C7H8ClNO3S. The Morgan fingerprint density at radius 2 is 2.31 bits per heavy atom. The van der Waals surface area contributed by atoms with E-state index in [-0.39, 0.29) is 11.4 Å². The summed E-state index contributed by atoms with van der Waals surface area (Å²) in [5.74, 6) is -1.37. The molecule has 1 aromatic heterocycles. The van der Waals surface area contributed by atoms with Gasteiger partial charge in [0.25, 0.3) is 0 Å². The summed E-state index contributed by atoms with van der Waals surface area (Å²) >= 11 is 6.60. The first kappa shape index (κ1) is 10.5. The first-order valence-electron chi connectivity index (χ1n) is 3.42. The van der Waals surface area contributed by atoms with Crippen molar-refractivity contribution in [3.8, 4) is 0 Å². The van der Waals surface area contributed by atoms with E-state index in [9.17, 15) is 9.90 Å². The first-order chi connectivity index (χ1) is 6.00. The number of hydrogen-bond donors (Lipinski definition) is 3. The summed E-state index contributed by atoms with van der Waals surface area (Å²) in [4.78, 5) is 10.9. The standard InChI is InChI=1S/C7H8ClNO3S/c8-5-2-1-4(13-5)7(12,3-9)6(10)11/h1-2,12H,3,9H2,(H,10,11). The van der Waals surface area contributed by atoms with Crippen molar-refractivity contribution in [1.82, 2.24) is 0 Å². The van der Waals surface area contributed by atoms with Crippen molar-refractivity contribution in [2.75, 3.05) is 6.54 Å². The lowest BCUT2D eigenvalue weighted by Crippen LogP contribution is -2.42. The third-order valence-corrected chi connectivity index (χ3v) is 3.01. The van der Waals surface area contributed by atoms with E-state index in [1.165, 1.54) is 12.1 Å². The van der Waals surface area contributed by atoms with Gasteiger partial charge in [-0.05, 0) is 12.1 Å². The molecule has 0 spiro atoms. The molecular weight excluding hydrogens is 214 g/mol. The normalized spacial score (nSPS) is 15.3. The maximum Gasteiger partial charge on any atom is 0.342 e. The van der Waals surface area contributed by atoms with E-state index in [1.807, 2.05) is 0 Å². The van der Waals surface area contributed by atoms with Gasteiger partial charge in [-0.2, -0.15) is 0 Å². The summed E-state index contributed by atoms with van der Waals surface area (Å²) in [6, 6.07) is 2.97. The zero-order valence-electron chi connectivity index (χ0n) is 6.53. The zero-order chi connectivity index (χ0) is 10.1. The third kappa shape index (κ3) is 1.83. The van der Waals surface area contributed by atoms with Crippen LogP contribution < -0.4 is 5.73 Å². The number of aliphatic hydroxyl groups is 1. The Hall–Kier alpha value is -0.620. The van der Waals surface area contributed by atoms with Crippen LogP contribution in [-0.2, 0) is 10.4 Å². The summed E-state index contributed by atoms with van der Waals surface area (Å²) in [6.45, 7) is -0.376. The highest BCUT2D eigenvalue weighted by Gasteiger charge is 2.37. The van der Waals surface area contributed by atoms with E-state index in [4.69, 9.17) is 22.4 Å². The number of carboxylic acids is 1. The second-order valence-electron chi connectivity index (χ2n) is 2.47. The molecule has 4 nitrogen and oxygen atoms in total. The van der Waals surface area contributed by atoms with Crippen molar-refractivity contribution >= 4 is 28.9 Å². The predicted molar refractivity (Wildman–Crippen MR) is 49.9 cm³/mol. The van der Waals surface area contributed by atoms with E-state index >= 15 is 0 Å². The highest BCUT2D eigenvalue weighted by Crippen LogP contribution is 2.30. The summed E-state index contributed by atoms with van der Waals surface area (Å²) in [5, 5.41) is 18.3. The minimum absolute atomic E-state index is 0.243. The molecule has 0 saturated heterocycles. The molecule has 0 aliphatic rings. The van der Waals surface area contributed by atoms with Crippen LogP contribution >= 0.6 is 22.9 Å². The quantitative estimate of drug-likeness (QED) is 0.699. The number of nitrogens with two attached hydrogens (primary N) is 1. The van der Waals surface area contributed by atoms with Crippen LogP contribution in [0.15, 0.2) is 12.1 Å². The van der Waals surface area contributed by atoms with Crippen molar-refractivity contribution < 1.29 is 15.0 Å². The SMILES string of the molecule is NCC(O)(C(=O)O)c1ccc(Cl)s1. The molecule has 0 amide bonds. The van der Waals surface area contributed by atoms with Gasteiger partial charge in [-0.25, -0.2) is 4.79 Å². The van der Waals surface area contributed by atoms with Gasteiger partial charge < -0.3 is 15.9 Å². The minimum Gasteiger partial charge on any atom is -0.479 e. The Kier molecular flexibility index (Phi) is 2.92. The van der Waals surface area contributed by atoms with Crippen molar-refractivity contribution in [1.29, 1.82) is 0 Å². The molecule has 0 bridgehead atoms. The molecule has 1 atom stereocenters. The average molecular weight is 222 g/mol. The molecule has 1 heterocycles. The smallest absolute Gasteiger partial charge is 0.342 e. The van der Waals surface area contributed by atoms with Gasteiger partial charge in [-0.15, -0.1) is 11.3 Å². The third-order valence-electron chi connectivity index (χ3n) is 1.63. The lowest BCUT2D eigenvalue weighted by atomic mass is 10.0. The number of aliphatic carboxylic acids is 1. The molecule has 1 unspecified atom stereocenters. The van der Waals surface area contributed by atoms with Crippen LogP contribution in [-0.4, -0.2) is 22.7 Å². The molecule has 4 N–H and O–H groups in total. The maximum atomic E-state index is 10.7. The minimum atomic E-state index is -2.02. The lowest BCUT2D eigenvalue weighted by molar-refractivity contribution is -0.158. The molecule has 0 fully saturated rings. The van der Waals surface area contributed by atoms with Gasteiger partial charge in [0.05, 0.1) is 9.21 Å². The van der Waals surface area contributed by atoms with E-state index in [0.717, 1.165) is 11.3 Å². The average Bonchev–Trinajstić information content (AvgIpc) is 2.50. The van der Waals surface area contributed by atoms with Crippen LogP contribution in [0.5, 0.6) is 0 Å². The van der Waals surface area contributed by atoms with E-state index in [2.05, 4.69) is 0 Å². The number of halogens is 1. The fourth-order valence-corrected chi connectivity index (χ4v) is 1.96. The monoisotopic (exact) mass is 221 g/mol. The first-order valence-corrected chi connectivity index (χ1v) is 4.62. The Morgan fingerprint density at radius 3 is 2.62 bits per heavy atom. The van der Waals surface area contributed by atoms with Crippen LogP contribution in [0.3, 0.4) is 0 Å². The maximum absolute atomic E-state index is 10.7. The lowest BCUT2D eigenvalue weighted by Gasteiger charge is -2.19. The zero-order valence-corrected chi connectivity index (χ0v) is 8.10.